The first-order valence-electron chi connectivity index (χ1n) is 12.5. The van der Waals surface area contributed by atoms with Gasteiger partial charge in [-0.2, -0.15) is 0 Å². The van der Waals surface area contributed by atoms with Crippen molar-refractivity contribution in [1.82, 2.24) is 29.8 Å². The van der Waals surface area contributed by atoms with Gasteiger partial charge in [-0.1, -0.05) is 11.6 Å². The van der Waals surface area contributed by atoms with Crippen molar-refractivity contribution in [2.24, 2.45) is 5.92 Å². The summed E-state index contributed by atoms with van der Waals surface area (Å²) in [6.07, 6.45) is 5.54. The van der Waals surface area contributed by atoms with Crippen molar-refractivity contribution in [1.29, 1.82) is 0 Å². The standard InChI is InChI=1S/C28H25ClF2N6O3/c1-14-11-34-21(20-4-5-33-26(36-20)16-7-17(8-16)27(38)32-3)10-23(14)37-15(2)6-24(25(29)28(37)39)40-13-22-19(31)9-18(30)12-35-22/h4-6,9-12,16-17H,7-8,13H2,1-3H3,(H,32,38)/t16-,17-. The molecule has 12 heteroatoms. The number of nitrogens with one attached hydrogen (secondary N) is 1. The molecule has 9 nitrogen and oxygen atoms in total. The lowest BCUT2D eigenvalue weighted by atomic mass is 9.74. The monoisotopic (exact) mass is 566 g/mol. The van der Waals surface area contributed by atoms with E-state index >= 15 is 0 Å². The van der Waals surface area contributed by atoms with Gasteiger partial charge >= 0.3 is 0 Å². The van der Waals surface area contributed by atoms with Gasteiger partial charge in [-0.05, 0) is 44.4 Å². The summed E-state index contributed by atoms with van der Waals surface area (Å²) in [6, 6.07) is 5.75. The van der Waals surface area contributed by atoms with E-state index in [-0.39, 0.29) is 40.8 Å². The number of rotatable bonds is 7. The summed E-state index contributed by atoms with van der Waals surface area (Å²) in [5.74, 6) is -0.906. The number of halogens is 3. The van der Waals surface area contributed by atoms with Crippen LogP contribution in [0, 0.1) is 31.4 Å². The second-order valence-electron chi connectivity index (χ2n) is 9.61. The predicted molar refractivity (Wildman–Crippen MR) is 143 cm³/mol. The van der Waals surface area contributed by atoms with Crippen LogP contribution in [0.5, 0.6) is 5.75 Å². The van der Waals surface area contributed by atoms with E-state index in [1.165, 1.54) is 4.57 Å². The maximum atomic E-state index is 14.0. The van der Waals surface area contributed by atoms with Gasteiger partial charge in [-0.3, -0.25) is 24.1 Å². The minimum Gasteiger partial charge on any atom is -0.485 e. The van der Waals surface area contributed by atoms with Gasteiger partial charge in [0.15, 0.2) is 5.82 Å². The third kappa shape index (κ3) is 5.29. The lowest BCUT2D eigenvalue weighted by Gasteiger charge is -2.32. The number of amides is 1. The number of aryl methyl sites for hydroxylation is 2. The van der Waals surface area contributed by atoms with Crippen LogP contribution in [0.2, 0.25) is 5.02 Å². The van der Waals surface area contributed by atoms with Crippen molar-refractivity contribution in [3.63, 3.8) is 0 Å². The average Bonchev–Trinajstić information content (AvgIpc) is 2.91. The molecule has 1 N–H and O–H groups in total. The fourth-order valence-corrected chi connectivity index (χ4v) is 4.83. The topological polar surface area (TPSA) is 112 Å². The molecule has 0 atom stereocenters. The largest absolute Gasteiger partial charge is 0.485 e. The van der Waals surface area contributed by atoms with Crippen LogP contribution in [-0.2, 0) is 11.4 Å². The van der Waals surface area contributed by atoms with Gasteiger partial charge in [-0.15, -0.1) is 0 Å². The van der Waals surface area contributed by atoms with Crippen LogP contribution in [0.25, 0.3) is 17.1 Å². The molecule has 4 aromatic heterocycles. The zero-order valence-electron chi connectivity index (χ0n) is 21.9. The van der Waals surface area contributed by atoms with Crippen LogP contribution in [0.3, 0.4) is 0 Å². The number of pyridine rings is 3. The number of nitrogens with zero attached hydrogens (tertiary/aromatic N) is 5. The molecule has 0 bridgehead atoms. The fraction of sp³-hybridized carbons (Fsp3) is 0.286. The molecule has 1 aliphatic rings. The molecule has 40 heavy (non-hydrogen) atoms. The minimum atomic E-state index is -0.863. The third-order valence-corrected chi connectivity index (χ3v) is 7.27. The normalized spacial score (nSPS) is 16.4. The molecule has 1 aliphatic carbocycles. The van der Waals surface area contributed by atoms with Gasteiger partial charge in [0.05, 0.1) is 23.3 Å². The summed E-state index contributed by atoms with van der Waals surface area (Å²) in [5.41, 5.74) is 2.24. The summed E-state index contributed by atoms with van der Waals surface area (Å²) in [4.78, 5) is 42.5. The zero-order valence-corrected chi connectivity index (χ0v) is 22.7. The van der Waals surface area contributed by atoms with Gasteiger partial charge in [0.1, 0.15) is 34.7 Å². The highest BCUT2D eigenvalue weighted by Crippen LogP contribution is 2.40. The number of aromatic nitrogens is 5. The van der Waals surface area contributed by atoms with Gasteiger partial charge in [0, 0.05) is 49.1 Å². The molecule has 4 aromatic rings. The first-order chi connectivity index (χ1) is 19.2. The summed E-state index contributed by atoms with van der Waals surface area (Å²) >= 11 is 6.39. The summed E-state index contributed by atoms with van der Waals surface area (Å²) in [5, 5.41) is 2.47. The maximum absolute atomic E-state index is 14.0. The van der Waals surface area contributed by atoms with E-state index < -0.39 is 17.2 Å². The number of hydrogen-bond acceptors (Lipinski definition) is 7. The van der Waals surface area contributed by atoms with E-state index in [0.29, 0.717) is 47.5 Å². The quantitative estimate of drug-likeness (QED) is 0.352. The Morgan fingerprint density at radius 3 is 2.62 bits per heavy atom. The highest BCUT2D eigenvalue weighted by Gasteiger charge is 2.36. The van der Waals surface area contributed by atoms with Crippen molar-refractivity contribution < 1.29 is 18.3 Å². The Labute approximate surface area is 233 Å². The molecular formula is C28H25ClF2N6O3. The SMILES string of the molecule is CNC(=O)[C@H]1C[C@H](c2nccc(-c3cc(-n4c(C)cc(OCc5ncc(F)cc5F)c(Cl)c4=O)c(C)cn3)n2)C1. The highest BCUT2D eigenvalue weighted by atomic mass is 35.5. The molecule has 1 saturated carbocycles. The molecule has 1 fully saturated rings. The highest BCUT2D eigenvalue weighted by molar-refractivity contribution is 6.31. The van der Waals surface area contributed by atoms with Crippen LogP contribution < -0.4 is 15.6 Å². The molecule has 0 saturated heterocycles. The molecule has 0 unspecified atom stereocenters. The molecule has 0 radical (unpaired) electrons. The van der Waals surface area contributed by atoms with Crippen molar-refractivity contribution in [3.05, 3.63) is 92.6 Å². The van der Waals surface area contributed by atoms with E-state index in [1.807, 2.05) is 6.92 Å². The Bertz CT molecular complexity index is 1670. The van der Waals surface area contributed by atoms with E-state index in [1.54, 1.807) is 44.6 Å². The van der Waals surface area contributed by atoms with Crippen LogP contribution in [0.4, 0.5) is 8.78 Å². The molecule has 0 aromatic carbocycles. The Kier molecular flexibility index (Phi) is 7.57. The van der Waals surface area contributed by atoms with E-state index in [4.69, 9.17) is 21.3 Å². The van der Waals surface area contributed by atoms with Crippen LogP contribution in [-0.4, -0.2) is 37.5 Å². The number of ether oxygens (including phenoxy) is 1. The molecule has 5 rings (SSSR count). The first-order valence-corrected chi connectivity index (χ1v) is 12.9. The summed E-state index contributed by atoms with van der Waals surface area (Å²) in [6.45, 7) is 3.19. The van der Waals surface area contributed by atoms with Crippen molar-refractivity contribution in [2.75, 3.05) is 7.05 Å². The summed E-state index contributed by atoms with van der Waals surface area (Å²) < 4.78 is 34.1. The summed E-state index contributed by atoms with van der Waals surface area (Å²) in [7, 11) is 1.63. The molecule has 1 amide bonds. The molecule has 0 spiro atoms. The van der Waals surface area contributed by atoms with Crippen molar-refractivity contribution >= 4 is 17.5 Å². The second-order valence-corrected chi connectivity index (χ2v) is 9.99. The van der Waals surface area contributed by atoms with Crippen molar-refractivity contribution in [2.45, 2.75) is 39.2 Å². The first kappa shape index (κ1) is 27.3. The second kappa shape index (κ2) is 11.1. The number of carbonyl (C=O) groups is 1. The fourth-order valence-electron chi connectivity index (χ4n) is 4.64. The van der Waals surface area contributed by atoms with E-state index in [9.17, 15) is 18.4 Å². The van der Waals surface area contributed by atoms with Crippen LogP contribution in [0.15, 0.2) is 47.7 Å². The predicted octanol–water partition coefficient (Wildman–Crippen LogP) is 4.45. The van der Waals surface area contributed by atoms with Crippen LogP contribution in [0.1, 0.15) is 41.5 Å². The lowest BCUT2D eigenvalue weighted by molar-refractivity contribution is -0.127. The number of carbonyl (C=O) groups excluding carboxylic acids is 1. The molecule has 0 aliphatic heterocycles. The van der Waals surface area contributed by atoms with Gasteiger partial charge in [0.2, 0.25) is 5.91 Å². The third-order valence-electron chi connectivity index (χ3n) is 6.92. The smallest absolute Gasteiger partial charge is 0.277 e. The Morgan fingerprint density at radius 1 is 1.12 bits per heavy atom. The lowest BCUT2D eigenvalue weighted by Crippen LogP contribution is -2.36. The Hall–Kier alpha value is -4.25. The Morgan fingerprint density at radius 2 is 1.90 bits per heavy atom. The molecular weight excluding hydrogens is 542 g/mol. The number of hydrogen-bond donors (Lipinski definition) is 1. The molecule has 4 heterocycles. The van der Waals surface area contributed by atoms with Gasteiger partial charge < -0.3 is 10.1 Å². The average molecular weight is 567 g/mol. The van der Waals surface area contributed by atoms with Crippen LogP contribution >= 0.6 is 11.6 Å². The maximum Gasteiger partial charge on any atom is 0.277 e. The van der Waals surface area contributed by atoms with Gasteiger partial charge in [0.25, 0.3) is 5.56 Å². The molecule has 206 valence electrons. The van der Waals surface area contributed by atoms with Crippen molar-refractivity contribution in [3.8, 4) is 22.8 Å². The van der Waals surface area contributed by atoms with Gasteiger partial charge in [-0.25, -0.2) is 18.7 Å². The minimum absolute atomic E-state index is 0.0208. The Balaban J connectivity index is 1.43. The van der Waals surface area contributed by atoms with E-state index in [2.05, 4.69) is 20.3 Å². The zero-order chi connectivity index (χ0) is 28.6. The van der Waals surface area contributed by atoms with E-state index in [0.717, 1.165) is 11.8 Å².